The first-order chi connectivity index (χ1) is 18.3. The van der Waals surface area contributed by atoms with Crippen molar-refractivity contribution in [1.82, 2.24) is 0 Å². The maximum Gasteiger partial charge on any atom is 0.673 e. The van der Waals surface area contributed by atoms with Gasteiger partial charge in [0, 0.05) is 12.0 Å². The van der Waals surface area contributed by atoms with Gasteiger partial charge in [-0.25, -0.2) is 0 Å². The monoisotopic (exact) mass is 650 g/mol. The molecule has 0 saturated carbocycles. The van der Waals surface area contributed by atoms with Crippen molar-refractivity contribution >= 4 is 7.25 Å². The first-order valence-corrected chi connectivity index (χ1v) is 15.8. The molecule has 0 radical (unpaired) electrons. The number of halogens is 5. The fourth-order valence-corrected chi connectivity index (χ4v) is 5.01. The molecule has 2 aromatic rings. The van der Waals surface area contributed by atoms with E-state index < -0.39 is 7.25 Å². The zero-order valence-electron chi connectivity index (χ0n) is 23.3. The molecule has 0 spiro atoms. The van der Waals surface area contributed by atoms with Crippen molar-refractivity contribution in [3.05, 3.63) is 63.2 Å². The van der Waals surface area contributed by atoms with Crippen molar-refractivity contribution < 1.29 is 44.6 Å². The number of hydrogen-bond acceptors (Lipinski definition) is 1. The quantitative estimate of drug-likeness (QED) is 0.0619. The molecular weight excluding hydrogens is 602 g/mol. The zero-order valence-corrected chi connectivity index (χ0v) is 25.6. The minimum absolute atomic E-state index is 0.840. The summed E-state index contributed by atoms with van der Waals surface area (Å²) in [4.78, 5) is 0. The van der Waals surface area contributed by atoms with Crippen molar-refractivity contribution in [2.75, 3.05) is 6.61 Å². The summed E-state index contributed by atoms with van der Waals surface area (Å²) in [6.07, 6.45) is 23.5. The van der Waals surface area contributed by atoms with Crippen molar-refractivity contribution in [2.45, 2.75) is 116 Å². The molecule has 1 nitrogen and oxygen atoms in total. The summed E-state index contributed by atoms with van der Waals surface area (Å²) in [5.74, 6) is 1.02. The molecule has 0 aromatic heterocycles. The van der Waals surface area contributed by atoms with Crippen LogP contribution in [0.2, 0.25) is 0 Å². The van der Waals surface area contributed by atoms with E-state index in [-0.39, 0.29) is 0 Å². The van der Waals surface area contributed by atoms with Gasteiger partial charge in [-0.05, 0) is 30.2 Å². The van der Waals surface area contributed by atoms with E-state index in [0.29, 0.717) is 0 Å². The van der Waals surface area contributed by atoms with E-state index in [1.54, 1.807) is 0 Å². The van der Waals surface area contributed by atoms with Gasteiger partial charge in [0.05, 0.1) is 6.61 Å². The first-order valence-electron chi connectivity index (χ1n) is 14.6. The third-order valence-corrected chi connectivity index (χ3v) is 7.67. The van der Waals surface area contributed by atoms with E-state index in [4.69, 9.17) is 4.74 Å². The Morgan fingerprint density at radius 3 is 1.55 bits per heavy atom. The van der Waals surface area contributed by atoms with Crippen LogP contribution in [0.5, 0.6) is 5.75 Å². The van der Waals surface area contributed by atoms with Crippen LogP contribution in [-0.2, 0) is 6.42 Å². The number of ether oxygens (including phenoxy) is 1. The third-order valence-electron chi connectivity index (χ3n) is 6.54. The molecule has 0 unspecified atom stereocenters. The molecule has 2 rings (SSSR count). The van der Waals surface area contributed by atoms with Crippen LogP contribution in [0.25, 0.3) is 0 Å². The lowest BCUT2D eigenvalue weighted by molar-refractivity contribution is -0.329. The Morgan fingerprint density at radius 2 is 1.08 bits per heavy atom. The van der Waals surface area contributed by atoms with Crippen molar-refractivity contribution in [3.63, 3.8) is 0 Å². The Balaban J connectivity index is 0.00000132. The van der Waals surface area contributed by atoms with Gasteiger partial charge in [-0.3, -0.25) is 0 Å². The normalized spacial score (nSPS) is 11.2. The third kappa shape index (κ3) is 21.7. The van der Waals surface area contributed by atoms with Gasteiger partial charge in [0.15, 0.2) is 3.57 Å². The average molecular weight is 650 g/mol. The molecule has 216 valence electrons. The Morgan fingerprint density at radius 1 is 0.632 bits per heavy atom. The molecule has 0 heterocycles. The van der Waals surface area contributed by atoms with Gasteiger partial charge in [-0.15, -0.1) is 0 Å². The summed E-state index contributed by atoms with van der Waals surface area (Å²) < 4.78 is 46.4. The smallest absolute Gasteiger partial charge is 0.494 e. The molecule has 0 aliphatic heterocycles. The Hall–Kier alpha value is -1.25. The standard InChI is InChI=1S/C31H48IO.BF4/c1-2-3-4-5-6-7-8-9-10-11-12-13-14-15-16-20-25-33-30-23-24-31(32)29(27-30)26-28-21-18-17-19-22-28;2-1(3,4)5/h17-19,21-24,27,32H,2-16,20,25-26H2,1H3;/q+1;-1. The largest absolute Gasteiger partial charge is 0.673 e. The van der Waals surface area contributed by atoms with Gasteiger partial charge in [0.1, 0.15) is 5.75 Å². The first kappa shape index (κ1) is 34.8. The predicted octanol–water partition coefficient (Wildman–Crippen LogP) is 7.67. The second kappa shape index (κ2) is 22.6. The Kier molecular flexibility index (Phi) is 20.6. The van der Waals surface area contributed by atoms with Gasteiger partial charge in [-0.2, -0.15) is 0 Å². The fraction of sp³-hybridized carbons (Fsp3) is 0.613. The summed E-state index contributed by atoms with van der Waals surface area (Å²) in [6.45, 7) is 3.14. The molecule has 38 heavy (non-hydrogen) atoms. The van der Waals surface area contributed by atoms with E-state index in [1.807, 2.05) is 0 Å². The second-order valence-electron chi connectivity index (χ2n) is 10.1. The summed E-state index contributed by atoms with van der Waals surface area (Å²) in [6, 6.07) is 17.3. The van der Waals surface area contributed by atoms with Crippen LogP contribution in [0.4, 0.5) is 17.3 Å². The van der Waals surface area contributed by atoms with Crippen LogP contribution in [0.3, 0.4) is 0 Å². The molecule has 0 atom stereocenters. The molecule has 0 aliphatic rings. The SMILES string of the molecule is CCCCCCCCCCCCCCCCCCOc1ccc([IH+])c(Cc2ccccc2)c1.F[B-](F)(F)F. The molecule has 0 bridgehead atoms. The number of rotatable bonds is 20. The highest BCUT2D eigenvalue weighted by Gasteiger charge is 2.20. The number of benzene rings is 2. The van der Waals surface area contributed by atoms with E-state index in [9.17, 15) is 17.3 Å². The lowest BCUT2D eigenvalue weighted by Crippen LogP contribution is -3.34. The molecule has 0 N–H and O–H groups in total. The molecule has 7 heteroatoms. The molecule has 0 aliphatic carbocycles. The van der Waals surface area contributed by atoms with E-state index >= 15 is 0 Å². The molecule has 2 aromatic carbocycles. The highest BCUT2D eigenvalue weighted by molar-refractivity contribution is 6.50. The van der Waals surface area contributed by atoms with E-state index in [0.717, 1.165) is 18.8 Å². The van der Waals surface area contributed by atoms with Crippen LogP contribution in [-0.4, -0.2) is 13.9 Å². The van der Waals surface area contributed by atoms with Crippen molar-refractivity contribution in [3.8, 4) is 5.75 Å². The summed E-state index contributed by atoms with van der Waals surface area (Å²) in [5, 5.41) is 0. The maximum atomic E-state index is 9.75. The Bertz CT molecular complexity index is 811. The van der Waals surface area contributed by atoms with Crippen LogP contribution >= 0.6 is 0 Å². The van der Waals surface area contributed by atoms with Crippen LogP contribution in [0.15, 0.2) is 48.5 Å². The van der Waals surface area contributed by atoms with Crippen LogP contribution in [0.1, 0.15) is 121 Å². The van der Waals surface area contributed by atoms with Crippen molar-refractivity contribution in [2.24, 2.45) is 0 Å². The minimum atomic E-state index is -6.00. The van der Waals surface area contributed by atoms with Gasteiger partial charge >= 0.3 is 7.25 Å². The Labute approximate surface area is 242 Å². The van der Waals surface area contributed by atoms with E-state index in [1.165, 1.54) is 117 Å². The van der Waals surface area contributed by atoms with Gasteiger partial charge in [0.25, 0.3) is 22.6 Å². The second-order valence-corrected chi connectivity index (χ2v) is 11.3. The average Bonchev–Trinajstić information content (AvgIpc) is 2.87. The molecule has 0 fully saturated rings. The molecular formula is C31H48BF4IO. The summed E-state index contributed by atoms with van der Waals surface area (Å²) in [5.41, 5.74) is 2.73. The minimum Gasteiger partial charge on any atom is -0.494 e. The predicted molar refractivity (Wildman–Crippen MR) is 151 cm³/mol. The highest BCUT2D eigenvalue weighted by atomic mass is 127. The van der Waals surface area contributed by atoms with Gasteiger partial charge < -0.3 is 22.0 Å². The highest BCUT2D eigenvalue weighted by Crippen LogP contribution is 2.18. The summed E-state index contributed by atoms with van der Waals surface area (Å²) >= 11 is 2.11. The molecule has 0 amide bonds. The topological polar surface area (TPSA) is 9.23 Å². The van der Waals surface area contributed by atoms with Crippen LogP contribution in [0, 0.1) is 3.57 Å². The number of unbranched alkanes of at least 4 members (excludes halogenated alkanes) is 15. The zero-order chi connectivity index (χ0) is 27.9. The molecule has 0 saturated heterocycles. The van der Waals surface area contributed by atoms with E-state index in [2.05, 4.69) is 78.0 Å². The lowest BCUT2D eigenvalue weighted by Gasteiger charge is -2.08. The lowest BCUT2D eigenvalue weighted by atomic mass is 10.0. The van der Waals surface area contributed by atoms with Gasteiger partial charge in [-0.1, -0.05) is 134 Å². The number of hydrogen-bond donors (Lipinski definition) is 0. The summed E-state index contributed by atoms with van der Waals surface area (Å²) in [7, 11) is -6.00. The fourth-order valence-electron chi connectivity index (χ4n) is 4.44. The maximum absolute atomic E-state index is 9.75. The van der Waals surface area contributed by atoms with Crippen molar-refractivity contribution in [1.29, 1.82) is 0 Å². The van der Waals surface area contributed by atoms with Crippen LogP contribution < -0.4 is 27.3 Å². The van der Waals surface area contributed by atoms with Gasteiger partial charge in [0.2, 0.25) is 0 Å².